The second-order valence-electron chi connectivity index (χ2n) is 8.63. The third-order valence-corrected chi connectivity index (χ3v) is 5.73. The molecule has 0 aromatic heterocycles. The molecular formula is C27H47NO3. The van der Waals surface area contributed by atoms with E-state index in [0.717, 1.165) is 6.42 Å². The minimum Gasteiger partial charge on any atom is -0.507 e. The van der Waals surface area contributed by atoms with Crippen LogP contribution in [0.15, 0.2) is 23.2 Å². The van der Waals surface area contributed by atoms with E-state index in [1.165, 1.54) is 96.3 Å². The number of aliphatic hydroxyl groups is 1. The van der Waals surface area contributed by atoms with Gasteiger partial charge in [0.05, 0.1) is 19.8 Å². The summed E-state index contributed by atoms with van der Waals surface area (Å²) in [5.41, 5.74) is 0.642. The van der Waals surface area contributed by atoms with E-state index in [1.807, 2.05) is 6.07 Å². The number of hydrogen-bond acceptors (Lipinski definition) is 4. The molecule has 0 unspecified atom stereocenters. The lowest BCUT2D eigenvalue weighted by atomic mass is 10.0. The third-order valence-electron chi connectivity index (χ3n) is 5.73. The first-order valence-electron chi connectivity index (χ1n) is 12.8. The molecule has 0 spiro atoms. The molecule has 0 atom stereocenters. The van der Waals surface area contributed by atoms with Crippen LogP contribution in [0.5, 0.6) is 11.5 Å². The number of nitrogens with zero attached hydrogens (tertiary/aromatic N) is 1. The highest BCUT2D eigenvalue weighted by atomic mass is 16.5. The van der Waals surface area contributed by atoms with Crippen LogP contribution in [-0.2, 0) is 0 Å². The van der Waals surface area contributed by atoms with E-state index in [2.05, 4.69) is 11.9 Å². The van der Waals surface area contributed by atoms with Crippen molar-refractivity contribution in [3.8, 4) is 11.5 Å². The molecule has 0 fully saturated rings. The third kappa shape index (κ3) is 15.8. The largest absolute Gasteiger partial charge is 0.507 e. The lowest BCUT2D eigenvalue weighted by Crippen LogP contribution is -1.98. The summed E-state index contributed by atoms with van der Waals surface area (Å²) in [4.78, 5) is 4.03. The minimum atomic E-state index is 0.0117. The van der Waals surface area contributed by atoms with E-state index in [9.17, 15) is 5.11 Å². The Kier molecular flexibility index (Phi) is 18.0. The van der Waals surface area contributed by atoms with Crippen LogP contribution < -0.4 is 4.74 Å². The summed E-state index contributed by atoms with van der Waals surface area (Å²) < 4.78 is 5.74. The van der Waals surface area contributed by atoms with Gasteiger partial charge in [-0.25, -0.2) is 0 Å². The average molecular weight is 434 g/mol. The van der Waals surface area contributed by atoms with E-state index < -0.39 is 0 Å². The number of phenols is 1. The smallest absolute Gasteiger partial charge is 0.128 e. The van der Waals surface area contributed by atoms with E-state index in [4.69, 9.17) is 9.84 Å². The van der Waals surface area contributed by atoms with Gasteiger partial charge >= 0.3 is 0 Å². The van der Waals surface area contributed by atoms with Crippen molar-refractivity contribution < 1.29 is 14.9 Å². The Morgan fingerprint density at radius 3 is 1.77 bits per heavy atom. The summed E-state index contributed by atoms with van der Waals surface area (Å²) in [5, 5.41) is 18.7. The van der Waals surface area contributed by atoms with Gasteiger partial charge in [0.15, 0.2) is 0 Å². The topological polar surface area (TPSA) is 62.0 Å². The zero-order chi connectivity index (χ0) is 22.4. The Bertz CT molecular complexity index is 559. The highest BCUT2D eigenvalue weighted by Crippen LogP contribution is 2.22. The fraction of sp³-hybridized carbons (Fsp3) is 0.741. The van der Waals surface area contributed by atoms with E-state index in [-0.39, 0.29) is 12.4 Å². The van der Waals surface area contributed by atoms with Crippen molar-refractivity contribution in [2.24, 2.45) is 4.99 Å². The van der Waals surface area contributed by atoms with Crippen molar-refractivity contribution >= 4 is 6.21 Å². The van der Waals surface area contributed by atoms with Gasteiger partial charge in [-0.3, -0.25) is 4.99 Å². The van der Waals surface area contributed by atoms with Crippen LogP contribution in [0, 0.1) is 0 Å². The van der Waals surface area contributed by atoms with Crippen LogP contribution in [0.4, 0.5) is 0 Å². The Labute approximate surface area is 191 Å². The van der Waals surface area contributed by atoms with Gasteiger partial charge in [-0.05, 0) is 18.6 Å². The number of aliphatic imine (C=N–C) groups is 1. The maximum absolute atomic E-state index is 10.0. The predicted molar refractivity (Wildman–Crippen MR) is 133 cm³/mol. The Morgan fingerprint density at radius 2 is 1.29 bits per heavy atom. The van der Waals surface area contributed by atoms with Gasteiger partial charge in [0.25, 0.3) is 0 Å². The van der Waals surface area contributed by atoms with Crippen LogP contribution in [0.25, 0.3) is 0 Å². The number of aromatic hydroxyl groups is 1. The monoisotopic (exact) mass is 433 g/mol. The highest BCUT2D eigenvalue weighted by Gasteiger charge is 2.02. The van der Waals surface area contributed by atoms with Gasteiger partial charge < -0.3 is 14.9 Å². The van der Waals surface area contributed by atoms with Crippen LogP contribution in [0.3, 0.4) is 0 Å². The fourth-order valence-corrected chi connectivity index (χ4v) is 3.78. The molecular weight excluding hydrogens is 386 g/mol. The number of ether oxygens (including phenoxy) is 1. The van der Waals surface area contributed by atoms with E-state index in [0.29, 0.717) is 24.5 Å². The number of benzene rings is 1. The molecule has 2 N–H and O–H groups in total. The van der Waals surface area contributed by atoms with Gasteiger partial charge in [-0.15, -0.1) is 0 Å². The standard InChI is InChI=1S/C27H47NO3/c1-2-3-4-5-6-7-8-9-10-11-12-13-14-15-16-17-22-31-26-19-18-25(27(30)23-26)24-28-20-21-29/h18-19,23-24,29-30H,2-17,20-22H2,1H3. The first-order valence-corrected chi connectivity index (χ1v) is 12.8. The molecule has 4 heteroatoms. The summed E-state index contributed by atoms with van der Waals surface area (Å²) in [6.45, 7) is 3.33. The van der Waals surface area contributed by atoms with Gasteiger partial charge in [-0.1, -0.05) is 103 Å². The second kappa shape index (κ2) is 20.4. The number of phenolic OH excluding ortho intramolecular Hbond substituents is 1. The lowest BCUT2D eigenvalue weighted by Gasteiger charge is -2.08. The van der Waals surface area contributed by atoms with Crippen LogP contribution in [0.1, 0.15) is 115 Å². The quantitative estimate of drug-likeness (QED) is 0.156. The lowest BCUT2D eigenvalue weighted by molar-refractivity contribution is 0.302. The first kappa shape index (κ1) is 27.5. The molecule has 31 heavy (non-hydrogen) atoms. The van der Waals surface area contributed by atoms with E-state index >= 15 is 0 Å². The van der Waals surface area contributed by atoms with Gasteiger partial charge in [0.1, 0.15) is 11.5 Å². The molecule has 0 aliphatic heterocycles. The Morgan fingerprint density at radius 1 is 0.774 bits per heavy atom. The van der Waals surface area contributed by atoms with Crippen LogP contribution in [0.2, 0.25) is 0 Å². The van der Waals surface area contributed by atoms with Gasteiger partial charge in [-0.2, -0.15) is 0 Å². The van der Waals surface area contributed by atoms with Crippen molar-refractivity contribution in [1.82, 2.24) is 0 Å². The molecule has 0 aliphatic rings. The van der Waals surface area contributed by atoms with E-state index in [1.54, 1.807) is 18.3 Å². The van der Waals surface area contributed by atoms with Crippen molar-refractivity contribution in [2.45, 2.75) is 110 Å². The Balaban J connectivity index is 1.89. The maximum atomic E-state index is 10.0. The molecule has 0 radical (unpaired) electrons. The number of rotatable bonds is 21. The molecule has 1 rings (SSSR count). The number of unbranched alkanes of at least 4 members (excludes halogenated alkanes) is 15. The fourth-order valence-electron chi connectivity index (χ4n) is 3.78. The van der Waals surface area contributed by atoms with Crippen LogP contribution in [-0.4, -0.2) is 36.2 Å². The molecule has 178 valence electrons. The number of aliphatic hydroxyl groups excluding tert-OH is 1. The summed E-state index contributed by atoms with van der Waals surface area (Å²) in [5.74, 6) is 0.851. The minimum absolute atomic E-state index is 0.0117. The summed E-state index contributed by atoms with van der Waals surface area (Å²) in [6.07, 6.45) is 23.4. The SMILES string of the molecule is CCCCCCCCCCCCCCCCCCOc1ccc(C=NCCO)c(O)c1. The van der Waals surface area contributed by atoms with Crippen molar-refractivity contribution in [1.29, 1.82) is 0 Å². The van der Waals surface area contributed by atoms with Gasteiger partial charge in [0, 0.05) is 17.8 Å². The molecule has 0 saturated carbocycles. The normalized spacial score (nSPS) is 11.4. The average Bonchev–Trinajstić information content (AvgIpc) is 2.77. The van der Waals surface area contributed by atoms with Crippen LogP contribution >= 0.6 is 0 Å². The van der Waals surface area contributed by atoms with Crippen molar-refractivity contribution in [3.05, 3.63) is 23.8 Å². The first-order chi connectivity index (χ1) is 15.3. The Hall–Kier alpha value is -1.55. The molecule has 4 nitrogen and oxygen atoms in total. The maximum Gasteiger partial charge on any atom is 0.128 e. The molecule has 0 bridgehead atoms. The van der Waals surface area contributed by atoms with Crippen molar-refractivity contribution in [3.63, 3.8) is 0 Å². The summed E-state index contributed by atoms with van der Waals surface area (Å²) in [7, 11) is 0. The molecule has 0 amide bonds. The van der Waals surface area contributed by atoms with Crippen molar-refractivity contribution in [2.75, 3.05) is 19.8 Å². The molecule has 0 aliphatic carbocycles. The molecule has 1 aromatic carbocycles. The predicted octanol–water partition coefficient (Wildman–Crippen LogP) is 7.44. The molecule has 0 saturated heterocycles. The number of hydrogen-bond donors (Lipinski definition) is 2. The molecule has 0 heterocycles. The molecule has 1 aromatic rings. The van der Waals surface area contributed by atoms with Gasteiger partial charge in [0.2, 0.25) is 0 Å². The summed E-state index contributed by atoms with van der Waals surface area (Å²) >= 11 is 0. The highest BCUT2D eigenvalue weighted by molar-refractivity contribution is 5.83. The summed E-state index contributed by atoms with van der Waals surface area (Å²) in [6, 6.07) is 5.28. The second-order valence-corrected chi connectivity index (χ2v) is 8.63. The zero-order valence-electron chi connectivity index (χ0n) is 20.0. The zero-order valence-corrected chi connectivity index (χ0v) is 20.0.